The van der Waals surface area contributed by atoms with Crippen molar-refractivity contribution in [2.75, 3.05) is 9.80 Å². The topological polar surface area (TPSA) is 11.4 Å². The third-order valence-electron chi connectivity index (χ3n) is 18.8. The molecule has 4 aliphatic rings. The summed E-state index contributed by atoms with van der Waals surface area (Å²) in [6.07, 6.45) is 0. The van der Waals surface area contributed by atoms with Gasteiger partial charge in [-0.15, -0.1) is 0 Å². The molecule has 386 valence electrons. The van der Waals surface area contributed by atoms with Crippen molar-refractivity contribution in [3.05, 3.63) is 354 Å². The number of hydrogen-bond donors (Lipinski definition) is 0. The van der Waals surface area contributed by atoms with E-state index in [1.54, 1.807) is 0 Å². The van der Waals surface area contributed by atoms with Crippen molar-refractivity contribution in [3.8, 4) is 50.2 Å². The second-order valence-electron chi connectivity index (χ2n) is 22.7. The van der Waals surface area contributed by atoms with Crippen LogP contribution >= 0.6 is 0 Å². The number of para-hydroxylation sites is 4. The van der Waals surface area contributed by atoms with Crippen molar-refractivity contribution in [1.82, 2.24) is 4.57 Å². The Labute approximate surface area is 482 Å². The summed E-state index contributed by atoms with van der Waals surface area (Å²) in [6, 6.07) is 116. The monoisotopic (exact) mass is 1050 g/mol. The van der Waals surface area contributed by atoms with Gasteiger partial charge in [-0.05, 0) is 174 Å². The predicted molar refractivity (Wildman–Crippen MR) is 343 cm³/mol. The molecule has 3 aliphatic carbocycles. The maximum atomic E-state index is 2.51. The Morgan fingerprint density at radius 1 is 0.265 bits per heavy atom. The molecule has 18 rings (SSSR count). The molecule has 3 heteroatoms. The average molecular weight is 1050 g/mol. The lowest BCUT2D eigenvalue weighted by atomic mass is 9.64. The molecule has 0 radical (unpaired) electrons. The third-order valence-corrected chi connectivity index (χ3v) is 18.8. The Morgan fingerprint density at radius 3 is 1.46 bits per heavy atom. The first-order valence-corrected chi connectivity index (χ1v) is 28.9. The Kier molecular flexibility index (Phi) is 9.64. The van der Waals surface area contributed by atoms with E-state index in [2.05, 4.69) is 324 Å². The lowest BCUT2D eigenvalue weighted by Crippen LogP contribution is -2.35. The molecule has 0 amide bonds. The van der Waals surface area contributed by atoms with Crippen LogP contribution in [0.2, 0.25) is 0 Å². The number of rotatable bonds is 7. The van der Waals surface area contributed by atoms with Crippen LogP contribution in [-0.4, -0.2) is 4.57 Å². The molecule has 14 aromatic rings. The van der Waals surface area contributed by atoms with Crippen LogP contribution in [0.5, 0.6) is 0 Å². The highest BCUT2D eigenvalue weighted by molar-refractivity contribution is 6.11. The van der Waals surface area contributed by atoms with Gasteiger partial charge < -0.3 is 14.4 Å². The Bertz CT molecular complexity index is 4920. The van der Waals surface area contributed by atoms with Crippen LogP contribution in [0.1, 0.15) is 44.5 Å². The molecule has 1 atom stereocenters. The van der Waals surface area contributed by atoms with Crippen LogP contribution in [0.25, 0.3) is 72.0 Å². The first kappa shape index (κ1) is 46.1. The van der Waals surface area contributed by atoms with Crippen LogP contribution in [0.3, 0.4) is 0 Å². The smallest absolute Gasteiger partial charge is 0.0754 e. The Hall–Kier alpha value is -10.7. The highest BCUT2D eigenvalue weighted by atomic mass is 15.2. The molecule has 13 aromatic carbocycles. The molecular formula is C80H51N3. The van der Waals surface area contributed by atoms with E-state index >= 15 is 0 Å². The second kappa shape index (κ2) is 17.4. The van der Waals surface area contributed by atoms with Gasteiger partial charge in [-0.2, -0.15) is 0 Å². The van der Waals surface area contributed by atoms with Gasteiger partial charge in [-0.25, -0.2) is 0 Å². The van der Waals surface area contributed by atoms with Gasteiger partial charge in [-0.1, -0.05) is 218 Å². The molecule has 3 nitrogen and oxygen atoms in total. The van der Waals surface area contributed by atoms with Crippen molar-refractivity contribution in [2.24, 2.45) is 0 Å². The van der Waals surface area contributed by atoms with Gasteiger partial charge in [0, 0.05) is 44.8 Å². The number of fused-ring (bicyclic) bond motifs is 18. The first-order valence-electron chi connectivity index (χ1n) is 28.9. The van der Waals surface area contributed by atoms with E-state index < -0.39 is 10.8 Å². The van der Waals surface area contributed by atoms with Gasteiger partial charge in [0.2, 0.25) is 0 Å². The van der Waals surface area contributed by atoms with Crippen molar-refractivity contribution in [2.45, 2.75) is 10.8 Å². The van der Waals surface area contributed by atoms with E-state index in [0.717, 1.165) is 34.0 Å². The van der Waals surface area contributed by atoms with E-state index in [1.165, 1.54) is 117 Å². The van der Waals surface area contributed by atoms with Gasteiger partial charge in [-0.3, -0.25) is 0 Å². The highest BCUT2D eigenvalue weighted by Crippen LogP contribution is 2.66. The number of hydrogen-bond acceptors (Lipinski definition) is 2. The van der Waals surface area contributed by atoms with Gasteiger partial charge in [0.15, 0.2) is 0 Å². The SMILES string of the molecule is c1ccc(N2c3ccccc3C3(c4ccccc4)c4cc(-c5ccc(N(c6ccc7c(c6)C6(c8ccccc8-c8ccccc86)c6ccccc6-7)c6ccc7c(c6)c6ccccc6n7-c6ccccc6)cc5)ccc4-c4cccc2c43)cc1. The summed E-state index contributed by atoms with van der Waals surface area (Å²) in [5.74, 6) is 0. The molecule has 0 fully saturated rings. The average Bonchev–Trinajstić information content (AvgIpc) is 1.67. The van der Waals surface area contributed by atoms with Crippen LogP contribution in [0.15, 0.2) is 309 Å². The summed E-state index contributed by atoms with van der Waals surface area (Å²) in [5, 5.41) is 2.43. The first-order chi connectivity index (χ1) is 41.2. The summed E-state index contributed by atoms with van der Waals surface area (Å²) in [5.41, 5.74) is 29.9. The van der Waals surface area contributed by atoms with Gasteiger partial charge in [0.05, 0.1) is 33.2 Å². The van der Waals surface area contributed by atoms with Crippen LogP contribution in [0.4, 0.5) is 34.1 Å². The minimum Gasteiger partial charge on any atom is -0.310 e. The fourth-order valence-corrected chi connectivity index (χ4v) is 15.6. The maximum Gasteiger partial charge on any atom is 0.0754 e. The second-order valence-corrected chi connectivity index (χ2v) is 22.7. The van der Waals surface area contributed by atoms with E-state index in [1.807, 2.05) is 0 Å². The molecule has 2 heterocycles. The minimum absolute atomic E-state index is 0.485. The van der Waals surface area contributed by atoms with Gasteiger partial charge >= 0.3 is 0 Å². The zero-order valence-electron chi connectivity index (χ0n) is 45.3. The number of benzene rings is 13. The number of nitrogens with zero attached hydrogens (tertiary/aromatic N) is 3. The number of anilines is 6. The van der Waals surface area contributed by atoms with Crippen molar-refractivity contribution >= 4 is 55.9 Å². The molecule has 0 N–H and O–H groups in total. The predicted octanol–water partition coefficient (Wildman–Crippen LogP) is 20.4. The highest BCUT2D eigenvalue weighted by Gasteiger charge is 2.54. The lowest BCUT2D eigenvalue weighted by molar-refractivity contribution is 0.754. The molecule has 1 aromatic heterocycles. The van der Waals surface area contributed by atoms with E-state index in [4.69, 9.17) is 0 Å². The van der Waals surface area contributed by atoms with E-state index in [9.17, 15) is 0 Å². The van der Waals surface area contributed by atoms with Crippen molar-refractivity contribution < 1.29 is 0 Å². The molecule has 83 heavy (non-hydrogen) atoms. The number of aromatic nitrogens is 1. The Morgan fingerprint density at radius 2 is 0.747 bits per heavy atom. The molecule has 1 unspecified atom stereocenters. The van der Waals surface area contributed by atoms with Crippen LogP contribution in [-0.2, 0) is 10.8 Å². The quantitative estimate of drug-likeness (QED) is 0.158. The standard InChI is InChI=1S/C80H51N3/c1-4-21-54(22-5-1)79-71-35-17-19-37-76(71)83(56-25-8-3-9-26-56)77-38-20-31-66(78(77)79)64-46-41-53(49-72(64)79)52-39-42-57(43-40-52)81(58-45-48-75-67(50-58)65-30-13-18-36-74(65)82(75)55-23-6-2-7-24-55)59-44-47-63-62-29-12-16-34-70(62)80(73(63)51-59)68-32-14-10-27-60(68)61-28-11-15-33-69(61)80/h1-51H. The van der Waals surface area contributed by atoms with Crippen LogP contribution < -0.4 is 9.80 Å². The normalized spacial score (nSPS) is 15.1. The Balaban J connectivity index is 0.831. The lowest BCUT2D eigenvalue weighted by Gasteiger charge is -2.44. The summed E-state index contributed by atoms with van der Waals surface area (Å²) in [6.45, 7) is 0. The third kappa shape index (κ3) is 6.18. The molecular weight excluding hydrogens is 1000 g/mol. The fourth-order valence-electron chi connectivity index (χ4n) is 15.6. The van der Waals surface area contributed by atoms with Gasteiger partial charge in [0.25, 0.3) is 0 Å². The summed E-state index contributed by atoms with van der Waals surface area (Å²) >= 11 is 0. The molecule has 0 bridgehead atoms. The zero-order chi connectivity index (χ0) is 54.4. The largest absolute Gasteiger partial charge is 0.310 e. The summed E-state index contributed by atoms with van der Waals surface area (Å²) in [4.78, 5) is 4.96. The summed E-state index contributed by atoms with van der Waals surface area (Å²) in [7, 11) is 0. The summed E-state index contributed by atoms with van der Waals surface area (Å²) < 4.78 is 2.40. The molecule has 1 spiro atoms. The maximum absolute atomic E-state index is 2.51. The van der Waals surface area contributed by atoms with Gasteiger partial charge in [0.1, 0.15) is 0 Å². The van der Waals surface area contributed by atoms with Crippen LogP contribution in [0, 0.1) is 0 Å². The molecule has 1 aliphatic heterocycles. The van der Waals surface area contributed by atoms with Crippen molar-refractivity contribution in [1.29, 1.82) is 0 Å². The molecule has 0 saturated carbocycles. The van der Waals surface area contributed by atoms with E-state index in [0.29, 0.717) is 0 Å². The molecule has 0 saturated heterocycles. The van der Waals surface area contributed by atoms with E-state index in [-0.39, 0.29) is 0 Å². The zero-order valence-corrected chi connectivity index (χ0v) is 45.3. The minimum atomic E-state index is -0.551. The van der Waals surface area contributed by atoms with Crippen molar-refractivity contribution in [3.63, 3.8) is 0 Å². The fraction of sp³-hybridized carbons (Fsp3) is 0.0250.